The van der Waals surface area contributed by atoms with Gasteiger partial charge in [-0.25, -0.2) is 9.97 Å². The zero-order valence-corrected chi connectivity index (χ0v) is 28.8. The Hall–Kier alpha value is -6.49. The maximum Gasteiger partial charge on any atom is 0.160 e. The van der Waals surface area contributed by atoms with E-state index in [4.69, 9.17) is 9.97 Å². The Balaban J connectivity index is 1.22. The molecule has 2 aliphatic rings. The average Bonchev–Trinajstić information content (AvgIpc) is 3.67. The van der Waals surface area contributed by atoms with Crippen molar-refractivity contribution in [1.82, 2.24) is 15.0 Å². The first kappa shape index (κ1) is 29.3. The van der Waals surface area contributed by atoms with Crippen molar-refractivity contribution in [2.75, 3.05) is 0 Å². The highest BCUT2D eigenvalue weighted by molar-refractivity contribution is 7.25. The molecule has 3 nitrogen and oxygen atoms in total. The van der Waals surface area contributed by atoms with Crippen LogP contribution >= 0.6 is 11.3 Å². The van der Waals surface area contributed by atoms with E-state index in [0.29, 0.717) is 5.82 Å². The fourth-order valence-electron chi connectivity index (χ4n) is 8.54. The van der Waals surface area contributed by atoms with Crippen molar-refractivity contribution in [3.05, 3.63) is 197 Å². The van der Waals surface area contributed by atoms with E-state index in [-0.39, 0.29) is 0 Å². The minimum atomic E-state index is -0.552. The molecule has 52 heavy (non-hydrogen) atoms. The molecule has 0 fully saturated rings. The van der Waals surface area contributed by atoms with Gasteiger partial charge in [0.25, 0.3) is 0 Å². The lowest BCUT2D eigenvalue weighted by Gasteiger charge is -2.35. The summed E-state index contributed by atoms with van der Waals surface area (Å²) >= 11 is 1.88. The van der Waals surface area contributed by atoms with Gasteiger partial charge >= 0.3 is 0 Å². The van der Waals surface area contributed by atoms with Gasteiger partial charge in [-0.3, -0.25) is 4.98 Å². The van der Waals surface area contributed by atoms with Crippen LogP contribution in [0.15, 0.2) is 164 Å². The first-order valence-corrected chi connectivity index (χ1v) is 18.4. The summed E-state index contributed by atoms with van der Waals surface area (Å²) in [5.74, 6) is 0.690. The summed E-state index contributed by atoms with van der Waals surface area (Å²) in [5.41, 5.74) is 14.3. The largest absolute Gasteiger partial charge is 0.264 e. The normalized spacial score (nSPS) is 15.3. The third-order valence-electron chi connectivity index (χ3n) is 10.8. The third-order valence-corrected chi connectivity index (χ3v) is 12.0. The molecule has 3 heterocycles. The highest BCUT2D eigenvalue weighted by Crippen LogP contribution is 2.60. The van der Waals surface area contributed by atoms with Gasteiger partial charge in [-0.1, -0.05) is 121 Å². The maximum absolute atomic E-state index is 5.24. The number of nitrogens with zero attached hydrogens (tertiary/aromatic N) is 3. The molecule has 0 saturated heterocycles. The molecule has 0 bridgehead atoms. The third kappa shape index (κ3) is 4.22. The van der Waals surface area contributed by atoms with Crippen molar-refractivity contribution in [3.8, 4) is 45.0 Å². The van der Waals surface area contributed by atoms with Crippen LogP contribution in [-0.2, 0) is 5.41 Å². The Morgan fingerprint density at radius 2 is 1.17 bits per heavy atom. The van der Waals surface area contributed by atoms with Crippen molar-refractivity contribution in [2.24, 2.45) is 0 Å². The number of pyridine rings is 1. The molecule has 0 radical (unpaired) electrons. The summed E-state index contributed by atoms with van der Waals surface area (Å²) in [7, 11) is 0. The minimum absolute atomic E-state index is 0.552. The van der Waals surface area contributed by atoms with E-state index in [0.717, 1.165) is 28.1 Å². The van der Waals surface area contributed by atoms with Gasteiger partial charge in [0, 0.05) is 49.3 Å². The van der Waals surface area contributed by atoms with Crippen LogP contribution in [0.2, 0.25) is 0 Å². The molecule has 11 rings (SSSR count). The Labute approximate surface area is 305 Å². The van der Waals surface area contributed by atoms with Crippen molar-refractivity contribution in [1.29, 1.82) is 0 Å². The maximum atomic E-state index is 5.24. The summed E-state index contributed by atoms with van der Waals surface area (Å²) in [5, 5.41) is 2.63. The van der Waals surface area contributed by atoms with Crippen LogP contribution in [0, 0.1) is 0 Å². The Morgan fingerprint density at radius 3 is 2.04 bits per heavy atom. The van der Waals surface area contributed by atoms with Crippen LogP contribution < -0.4 is 0 Å². The second-order valence-corrected chi connectivity index (χ2v) is 14.7. The number of benzene rings is 6. The molecule has 6 aromatic carbocycles. The first-order chi connectivity index (χ1) is 25.8. The smallest absolute Gasteiger partial charge is 0.160 e. The number of hydrogen-bond acceptors (Lipinski definition) is 4. The summed E-state index contributed by atoms with van der Waals surface area (Å²) in [6.45, 7) is 0. The summed E-state index contributed by atoms with van der Waals surface area (Å²) in [4.78, 5) is 14.7. The molecule has 0 N–H and O–H groups in total. The summed E-state index contributed by atoms with van der Waals surface area (Å²) < 4.78 is 2.63. The quantitative estimate of drug-likeness (QED) is 0.187. The van der Waals surface area contributed by atoms with Crippen LogP contribution in [0.3, 0.4) is 0 Å². The second kappa shape index (κ2) is 11.3. The number of fused-ring (bicyclic) bond motifs is 12. The minimum Gasteiger partial charge on any atom is -0.264 e. The van der Waals surface area contributed by atoms with Gasteiger partial charge in [-0.2, -0.15) is 0 Å². The molecule has 3 aromatic heterocycles. The molecule has 4 heteroatoms. The van der Waals surface area contributed by atoms with E-state index < -0.39 is 5.41 Å². The molecular weight excluding hydrogens is 651 g/mol. The van der Waals surface area contributed by atoms with Gasteiger partial charge in [-0.15, -0.1) is 11.3 Å². The highest BCUT2D eigenvalue weighted by atomic mass is 32.1. The molecule has 0 saturated carbocycles. The van der Waals surface area contributed by atoms with E-state index in [1.807, 2.05) is 41.8 Å². The van der Waals surface area contributed by atoms with E-state index in [1.54, 1.807) is 6.20 Å². The Kier molecular flexibility index (Phi) is 6.34. The number of aromatic nitrogens is 3. The van der Waals surface area contributed by atoms with Crippen LogP contribution in [0.1, 0.15) is 33.4 Å². The van der Waals surface area contributed by atoms with E-state index in [1.165, 1.54) is 64.7 Å². The van der Waals surface area contributed by atoms with Crippen LogP contribution in [0.4, 0.5) is 0 Å². The topological polar surface area (TPSA) is 38.7 Å². The van der Waals surface area contributed by atoms with Gasteiger partial charge in [0.05, 0.1) is 16.8 Å². The van der Waals surface area contributed by atoms with Crippen molar-refractivity contribution >= 4 is 43.7 Å². The number of thiophene rings is 1. The second-order valence-electron chi connectivity index (χ2n) is 13.6. The molecule has 2 aliphatic carbocycles. The lowest BCUT2D eigenvalue weighted by atomic mass is 9.65. The van der Waals surface area contributed by atoms with Crippen LogP contribution in [-0.4, -0.2) is 15.0 Å². The molecule has 1 unspecified atom stereocenters. The van der Waals surface area contributed by atoms with Crippen molar-refractivity contribution in [3.63, 3.8) is 0 Å². The zero-order valence-electron chi connectivity index (χ0n) is 28.0. The summed E-state index contributed by atoms with van der Waals surface area (Å²) in [6.07, 6.45) is 8.25. The average molecular weight is 680 g/mol. The van der Waals surface area contributed by atoms with E-state index in [2.05, 4.69) is 145 Å². The molecule has 1 atom stereocenters. The molecule has 242 valence electrons. The molecule has 1 spiro atoms. The molecule has 9 aromatic rings. The lowest BCUT2D eigenvalue weighted by Crippen LogP contribution is -2.30. The van der Waals surface area contributed by atoms with E-state index >= 15 is 0 Å². The Bertz CT molecular complexity index is 2850. The molecular formula is C48H29N3S. The fourth-order valence-corrected chi connectivity index (χ4v) is 9.67. The van der Waals surface area contributed by atoms with Gasteiger partial charge in [0.1, 0.15) is 0 Å². The fraction of sp³-hybridized carbons (Fsp3) is 0.0208. The van der Waals surface area contributed by atoms with Gasteiger partial charge in [-0.05, 0) is 87.0 Å². The SMILES string of the molecule is C1=Cc2ccc(-c3cc(-c4cccnc4)nc(-c4ccccc4)n3)cc2C2(c3ccccc31)c1ccccc1-c1cc3c(cc12)sc1ccccc13. The predicted molar refractivity (Wildman–Crippen MR) is 215 cm³/mol. The van der Waals surface area contributed by atoms with Crippen LogP contribution in [0.25, 0.3) is 77.4 Å². The first-order valence-electron chi connectivity index (χ1n) is 17.6. The lowest BCUT2D eigenvalue weighted by molar-refractivity contribution is 0.768. The Morgan fingerprint density at radius 1 is 0.442 bits per heavy atom. The van der Waals surface area contributed by atoms with Gasteiger partial charge < -0.3 is 0 Å². The number of rotatable bonds is 3. The highest BCUT2D eigenvalue weighted by Gasteiger charge is 2.48. The predicted octanol–water partition coefficient (Wildman–Crippen LogP) is 12.1. The van der Waals surface area contributed by atoms with Gasteiger partial charge in [0.15, 0.2) is 5.82 Å². The number of hydrogen-bond donors (Lipinski definition) is 0. The van der Waals surface area contributed by atoms with Gasteiger partial charge in [0.2, 0.25) is 0 Å². The molecule has 0 aliphatic heterocycles. The summed E-state index contributed by atoms with van der Waals surface area (Å²) in [6, 6.07) is 55.0. The monoisotopic (exact) mass is 679 g/mol. The standard InChI is InChI=1S/C48H29N3S/c1-2-12-32(13-3-1)47-50-43(28-44(51-47)34-14-10-24-49-29-34)33-23-22-31-21-20-30-11-4-7-17-39(30)48(41(31)25-33)40-18-8-5-15-35(40)37-26-38-36-16-6-9-19-45(36)52-46(38)27-42(37)48/h1-29H. The van der Waals surface area contributed by atoms with Crippen molar-refractivity contribution in [2.45, 2.75) is 5.41 Å². The van der Waals surface area contributed by atoms with Crippen molar-refractivity contribution < 1.29 is 0 Å². The zero-order chi connectivity index (χ0) is 34.2. The molecule has 0 amide bonds. The van der Waals surface area contributed by atoms with E-state index in [9.17, 15) is 0 Å². The van der Waals surface area contributed by atoms with Crippen LogP contribution in [0.5, 0.6) is 0 Å².